The topological polar surface area (TPSA) is 105 Å². The Morgan fingerprint density at radius 1 is 1.19 bits per heavy atom. The third-order valence-electron chi connectivity index (χ3n) is 5.12. The number of amides is 1. The van der Waals surface area contributed by atoms with Crippen molar-refractivity contribution in [3.8, 4) is 11.4 Å². The van der Waals surface area contributed by atoms with Crippen molar-refractivity contribution in [3.63, 3.8) is 0 Å². The van der Waals surface area contributed by atoms with Gasteiger partial charge in [-0.05, 0) is 30.7 Å². The van der Waals surface area contributed by atoms with Crippen LogP contribution in [0.25, 0.3) is 17.5 Å². The number of hydrogen-bond acceptors (Lipinski definition) is 6. The number of carbonyl (C=O) groups excluding carboxylic acids is 1. The van der Waals surface area contributed by atoms with Crippen LogP contribution < -0.4 is 5.32 Å². The summed E-state index contributed by atoms with van der Waals surface area (Å²) in [6.45, 7) is 2.53. The molecule has 1 aliphatic heterocycles. The number of carbonyl (C=O) groups is 1. The van der Waals surface area contributed by atoms with E-state index < -0.39 is 10.0 Å². The van der Waals surface area contributed by atoms with Crippen molar-refractivity contribution in [3.05, 3.63) is 76.5 Å². The van der Waals surface area contributed by atoms with Crippen LogP contribution >= 0.6 is 0 Å². The van der Waals surface area contributed by atoms with Crippen molar-refractivity contribution >= 4 is 22.0 Å². The number of rotatable bonds is 6. The van der Waals surface area contributed by atoms with Crippen molar-refractivity contribution in [2.45, 2.75) is 12.8 Å². The van der Waals surface area contributed by atoms with E-state index in [1.165, 1.54) is 9.71 Å². The zero-order valence-electron chi connectivity index (χ0n) is 17.1. The largest absolute Gasteiger partial charge is 0.355 e. The maximum Gasteiger partial charge on any atom is 0.251 e. The summed E-state index contributed by atoms with van der Waals surface area (Å²) in [5, 5.41) is 7.78. The highest BCUT2D eigenvalue weighted by atomic mass is 32.2. The van der Waals surface area contributed by atoms with Crippen molar-refractivity contribution in [2.75, 3.05) is 20.1 Å². The van der Waals surface area contributed by atoms with Gasteiger partial charge in [-0.15, -0.1) is 0 Å². The summed E-state index contributed by atoms with van der Waals surface area (Å²) < 4.78 is 31.8. The van der Waals surface area contributed by atoms with E-state index in [1.54, 1.807) is 37.4 Å². The molecule has 1 N–H and O–H groups in total. The third-order valence-corrected chi connectivity index (χ3v) is 6.62. The van der Waals surface area contributed by atoms with Crippen LogP contribution in [0, 0.1) is 6.92 Å². The summed E-state index contributed by atoms with van der Waals surface area (Å²) in [5.74, 6) is 0.380. The van der Waals surface area contributed by atoms with Crippen molar-refractivity contribution in [1.29, 1.82) is 0 Å². The summed E-state index contributed by atoms with van der Waals surface area (Å²) in [6.07, 6.45) is 1.59. The minimum Gasteiger partial charge on any atom is -0.355 e. The normalized spacial score (nSPS) is 15.2. The average molecular weight is 439 g/mol. The lowest BCUT2D eigenvalue weighted by molar-refractivity contribution is 0.0963. The van der Waals surface area contributed by atoms with Gasteiger partial charge in [0, 0.05) is 36.7 Å². The molecule has 8 nitrogen and oxygen atoms in total. The number of benzene rings is 2. The molecule has 0 unspecified atom stereocenters. The predicted molar refractivity (Wildman–Crippen MR) is 117 cm³/mol. The zero-order valence-corrected chi connectivity index (χ0v) is 18.0. The van der Waals surface area contributed by atoms with Crippen LogP contribution in [-0.4, -0.2) is 48.9 Å². The molecule has 160 valence electrons. The molecule has 0 atom stereocenters. The number of aromatic nitrogens is 2. The summed E-state index contributed by atoms with van der Waals surface area (Å²) >= 11 is 0. The van der Waals surface area contributed by atoms with E-state index in [0.29, 0.717) is 22.8 Å². The van der Waals surface area contributed by atoms with Crippen molar-refractivity contribution in [1.82, 2.24) is 19.8 Å². The van der Waals surface area contributed by atoms with Crippen LogP contribution in [0.3, 0.4) is 0 Å². The van der Waals surface area contributed by atoms with Crippen LogP contribution in [0.2, 0.25) is 0 Å². The van der Waals surface area contributed by atoms with Gasteiger partial charge in [-0.1, -0.05) is 47.1 Å². The monoisotopic (exact) mass is 438 g/mol. The van der Waals surface area contributed by atoms with Crippen molar-refractivity contribution in [2.24, 2.45) is 0 Å². The molecule has 2 heterocycles. The lowest BCUT2D eigenvalue weighted by atomic mass is 10.0. The molecule has 3 aromatic rings. The zero-order chi connectivity index (χ0) is 22.0. The molecule has 0 aliphatic carbocycles. The molecule has 0 saturated carbocycles. The second-order valence-electron chi connectivity index (χ2n) is 7.39. The highest BCUT2D eigenvalue weighted by molar-refractivity contribution is 7.92. The lowest BCUT2D eigenvalue weighted by Crippen LogP contribution is -2.47. The van der Waals surface area contributed by atoms with Crippen LogP contribution in [0.4, 0.5) is 0 Å². The Bertz CT molecular complexity index is 1230. The smallest absolute Gasteiger partial charge is 0.251 e. The van der Waals surface area contributed by atoms with Gasteiger partial charge in [-0.3, -0.25) is 4.79 Å². The number of hydrogen-bond donors (Lipinski definition) is 1. The van der Waals surface area contributed by atoms with E-state index in [-0.39, 0.29) is 24.9 Å². The van der Waals surface area contributed by atoms with Gasteiger partial charge in [-0.2, -0.15) is 9.29 Å². The SMILES string of the molecule is CNC(=O)c1cccc(-c2noc(C3CN(S(=O)(=O)/C=C/c4ccc(C)cc4)C3)n2)c1. The Kier molecular flexibility index (Phi) is 5.71. The maximum atomic E-state index is 12.5. The van der Waals surface area contributed by atoms with E-state index in [9.17, 15) is 13.2 Å². The summed E-state index contributed by atoms with van der Waals surface area (Å²) in [5.41, 5.74) is 3.09. The first-order valence-corrected chi connectivity index (χ1v) is 11.3. The number of sulfonamides is 1. The fraction of sp³-hybridized carbons (Fsp3) is 0.227. The van der Waals surface area contributed by atoms with Gasteiger partial charge >= 0.3 is 0 Å². The molecule has 31 heavy (non-hydrogen) atoms. The summed E-state index contributed by atoms with van der Waals surface area (Å²) in [7, 11) is -1.95. The minimum absolute atomic E-state index is 0.161. The van der Waals surface area contributed by atoms with E-state index in [1.807, 2.05) is 31.2 Å². The Morgan fingerprint density at radius 2 is 1.94 bits per heavy atom. The van der Waals surface area contributed by atoms with E-state index in [4.69, 9.17) is 4.52 Å². The molecule has 9 heteroatoms. The quantitative estimate of drug-likeness (QED) is 0.634. The van der Waals surface area contributed by atoms with Gasteiger partial charge in [-0.25, -0.2) is 8.42 Å². The molecule has 1 amide bonds. The average Bonchev–Trinajstić information content (AvgIpc) is 3.21. The number of nitrogens with one attached hydrogen (secondary N) is 1. The number of aryl methyl sites for hydroxylation is 1. The predicted octanol–water partition coefficient (Wildman–Crippen LogP) is 2.80. The lowest BCUT2D eigenvalue weighted by Gasteiger charge is -2.34. The Balaban J connectivity index is 1.41. The first-order valence-electron chi connectivity index (χ1n) is 9.77. The highest BCUT2D eigenvalue weighted by Crippen LogP contribution is 2.30. The Morgan fingerprint density at radius 3 is 2.65 bits per heavy atom. The first-order chi connectivity index (χ1) is 14.9. The molecule has 1 aromatic heterocycles. The van der Waals surface area contributed by atoms with Crippen LogP contribution in [0.5, 0.6) is 0 Å². The van der Waals surface area contributed by atoms with E-state index >= 15 is 0 Å². The fourth-order valence-corrected chi connectivity index (χ4v) is 4.47. The number of nitrogens with zero attached hydrogens (tertiary/aromatic N) is 3. The molecule has 1 fully saturated rings. The standard InChI is InChI=1S/C22H22N4O4S/c1-15-6-8-16(9-7-15)10-11-31(28,29)26-13-19(14-26)22-24-20(25-30-22)17-4-3-5-18(12-17)21(27)23-2/h3-12,19H,13-14H2,1-2H3,(H,23,27)/b11-10+. The molecule has 1 aliphatic rings. The van der Waals surface area contributed by atoms with Gasteiger partial charge < -0.3 is 9.84 Å². The van der Waals surface area contributed by atoms with Gasteiger partial charge in [0.15, 0.2) is 0 Å². The first kappa shape index (κ1) is 21.0. The maximum absolute atomic E-state index is 12.5. The molecule has 0 spiro atoms. The summed E-state index contributed by atoms with van der Waals surface area (Å²) in [6, 6.07) is 14.5. The van der Waals surface area contributed by atoms with E-state index in [0.717, 1.165) is 11.1 Å². The second kappa shape index (κ2) is 8.44. The van der Waals surface area contributed by atoms with Gasteiger partial charge in [0.2, 0.25) is 21.7 Å². The molecule has 4 rings (SSSR count). The fourth-order valence-electron chi connectivity index (χ4n) is 3.19. The van der Waals surface area contributed by atoms with Crippen LogP contribution in [-0.2, 0) is 10.0 Å². The van der Waals surface area contributed by atoms with E-state index in [2.05, 4.69) is 15.5 Å². The highest BCUT2D eigenvalue weighted by Gasteiger charge is 2.38. The second-order valence-corrected chi connectivity index (χ2v) is 9.21. The van der Waals surface area contributed by atoms with Gasteiger partial charge in [0.1, 0.15) is 0 Å². The molecule has 0 radical (unpaired) electrons. The van der Waals surface area contributed by atoms with Crippen molar-refractivity contribution < 1.29 is 17.7 Å². The summed E-state index contributed by atoms with van der Waals surface area (Å²) in [4.78, 5) is 16.2. The molecular formula is C22H22N4O4S. The van der Waals surface area contributed by atoms with Gasteiger partial charge in [0.05, 0.1) is 5.92 Å². The molecule has 2 aromatic carbocycles. The minimum atomic E-state index is -3.52. The molecular weight excluding hydrogens is 416 g/mol. The molecule has 0 bridgehead atoms. The van der Waals surface area contributed by atoms with Crippen LogP contribution in [0.15, 0.2) is 58.5 Å². The molecule has 1 saturated heterocycles. The Labute approximate surface area is 180 Å². The Hall–Kier alpha value is -3.30. The van der Waals surface area contributed by atoms with Crippen LogP contribution in [0.1, 0.15) is 33.3 Å². The van der Waals surface area contributed by atoms with Gasteiger partial charge in [0.25, 0.3) is 5.91 Å². The third kappa shape index (κ3) is 4.57.